The molecular formula is C15H31NO. The number of ether oxygens (including phenoxy) is 1. The van der Waals surface area contributed by atoms with Crippen LogP contribution in [-0.2, 0) is 4.74 Å². The topological polar surface area (TPSA) is 21.3 Å². The van der Waals surface area contributed by atoms with Gasteiger partial charge < -0.3 is 10.1 Å². The molecule has 0 aliphatic heterocycles. The Hall–Kier alpha value is -0.0800. The minimum absolute atomic E-state index is 0.844. The van der Waals surface area contributed by atoms with Gasteiger partial charge in [0.2, 0.25) is 0 Å². The minimum atomic E-state index is 0.844. The van der Waals surface area contributed by atoms with E-state index < -0.39 is 0 Å². The van der Waals surface area contributed by atoms with E-state index in [1.54, 1.807) is 0 Å². The molecule has 0 aromatic carbocycles. The molecule has 1 N–H and O–H groups in total. The zero-order valence-electron chi connectivity index (χ0n) is 11.8. The maximum absolute atomic E-state index is 5.80. The summed E-state index contributed by atoms with van der Waals surface area (Å²) in [5.41, 5.74) is 0. The standard InChI is InChI=1S/C15H31NO/c1-3-9-16-10-4-5-11-17-13-15-8-6-7-14(2)12-15/h14-16H,3-13H2,1-2H3. The highest BCUT2D eigenvalue weighted by Gasteiger charge is 2.18. The first-order chi connectivity index (χ1) is 8.33. The van der Waals surface area contributed by atoms with Gasteiger partial charge in [0.25, 0.3) is 0 Å². The first kappa shape index (κ1) is 15.0. The number of hydrogen-bond acceptors (Lipinski definition) is 2. The first-order valence-corrected chi connectivity index (χ1v) is 7.61. The summed E-state index contributed by atoms with van der Waals surface area (Å²) in [7, 11) is 0. The lowest BCUT2D eigenvalue weighted by Crippen LogP contribution is -2.19. The molecule has 2 unspecified atom stereocenters. The van der Waals surface area contributed by atoms with Gasteiger partial charge in [-0.15, -0.1) is 0 Å². The molecule has 0 spiro atoms. The van der Waals surface area contributed by atoms with Gasteiger partial charge in [-0.25, -0.2) is 0 Å². The summed E-state index contributed by atoms with van der Waals surface area (Å²) in [4.78, 5) is 0. The summed E-state index contributed by atoms with van der Waals surface area (Å²) >= 11 is 0. The Balaban J connectivity index is 1.83. The van der Waals surface area contributed by atoms with Gasteiger partial charge in [-0.1, -0.05) is 26.7 Å². The molecule has 1 rings (SSSR count). The highest BCUT2D eigenvalue weighted by atomic mass is 16.5. The maximum atomic E-state index is 5.80. The molecule has 1 aliphatic carbocycles. The second-order valence-corrected chi connectivity index (χ2v) is 5.67. The van der Waals surface area contributed by atoms with Crippen molar-refractivity contribution in [3.8, 4) is 0 Å². The molecule has 17 heavy (non-hydrogen) atoms. The Morgan fingerprint density at radius 1 is 1.18 bits per heavy atom. The molecule has 0 amide bonds. The predicted molar refractivity (Wildman–Crippen MR) is 74.3 cm³/mol. The molecule has 0 aromatic heterocycles. The Kier molecular flexibility index (Phi) is 8.72. The highest BCUT2D eigenvalue weighted by molar-refractivity contribution is 4.69. The van der Waals surface area contributed by atoms with Gasteiger partial charge in [-0.05, 0) is 57.0 Å². The molecule has 0 radical (unpaired) electrons. The smallest absolute Gasteiger partial charge is 0.0494 e. The Morgan fingerprint density at radius 2 is 2.06 bits per heavy atom. The molecule has 102 valence electrons. The van der Waals surface area contributed by atoms with E-state index in [9.17, 15) is 0 Å². The van der Waals surface area contributed by atoms with Gasteiger partial charge in [0.1, 0.15) is 0 Å². The van der Waals surface area contributed by atoms with Crippen LogP contribution in [0.1, 0.15) is 58.8 Å². The zero-order chi connectivity index (χ0) is 12.3. The van der Waals surface area contributed by atoms with Crippen molar-refractivity contribution in [1.82, 2.24) is 5.32 Å². The fraction of sp³-hybridized carbons (Fsp3) is 1.00. The molecule has 1 aliphatic rings. The lowest BCUT2D eigenvalue weighted by Gasteiger charge is -2.26. The van der Waals surface area contributed by atoms with E-state index in [0.29, 0.717) is 0 Å². The summed E-state index contributed by atoms with van der Waals surface area (Å²) in [5.74, 6) is 1.77. The summed E-state index contributed by atoms with van der Waals surface area (Å²) in [5, 5.41) is 3.43. The molecular weight excluding hydrogens is 210 g/mol. The van der Waals surface area contributed by atoms with Crippen molar-refractivity contribution in [2.24, 2.45) is 11.8 Å². The van der Waals surface area contributed by atoms with Gasteiger partial charge in [0.05, 0.1) is 0 Å². The summed E-state index contributed by atoms with van der Waals surface area (Å²) in [6.07, 6.45) is 9.31. The quantitative estimate of drug-likeness (QED) is 0.623. The number of unbranched alkanes of at least 4 members (excludes halogenated alkanes) is 1. The normalized spacial score (nSPS) is 25.1. The highest BCUT2D eigenvalue weighted by Crippen LogP contribution is 2.28. The van der Waals surface area contributed by atoms with Crippen molar-refractivity contribution in [1.29, 1.82) is 0 Å². The molecule has 2 atom stereocenters. The Bertz CT molecular complexity index is 172. The monoisotopic (exact) mass is 241 g/mol. The van der Waals surface area contributed by atoms with Crippen LogP contribution in [0.5, 0.6) is 0 Å². The fourth-order valence-corrected chi connectivity index (χ4v) is 2.72. The number of rotatable bonds is 9. The fourth-order valence-electron chi connectivity index (χ4n) is 2.72. The van der Waals surface area contributed by atoms with Crippen LogP contribution in [0.15, 0.2) is 0 Å². The van der Waals surface area contributed by atoms with Crippen molar-refractivity contribution in [3.63, 3.8) is 0 Å². The van der Waals surface area contributed by atoms with Crippen LogP contribution in [0, 0.1) is 11.8 Å². The average molecular weight is 241 g/mol. The van der Waals surface area contributed by atoms with Crippen LogP contribution >= 0.6 is 0 Å². The Labute approximate surface area is 108 Å². The van der Waals surface area contributed by atoms with Crippen molar-refractivity contribution in [3.05, 3.63) is 0 Å². The molecule has 2 heteroatoms. The van der Waals surface area contributed by atoms with Crippen LogP contribution < -0.4 is 5.32 Å². The van der Waals surface area contributed by atoms with E-state index in [1.165, 1.54) is 44.9 Å². The van der Waals surface area contributed by atoms with E-state index in [0.717, 1.165) is 38.1 Å². The first-order valence-electron chi connectivity index (χ1n) is 7.61. The minimum Gasteiger partial charge on any atom is -0.381 e. The maximum Gasteiger partial charge on any atom is 0.0494 e. The molecule has 1 fully saturated rings. The third kappa shape index (κ3) is 7.77. The molecule has 0 aromatic rings. The third-order valence-electron chi connectivity index (χ3n) is 3.72. The summed E-state index contributed by atoms with van der Waals surface area (Å²) < 4.78 is 5.80. The summed E-state index contributed by atoms with van der Waals surface area (Å²) in [6.45, 7) is 8.86. The lowest BCUT2D eigenvalue weighted by molar-refractivity contribution is 0.0742. The number of nitrogens with one attached hydrogen (secondary N) is 1. The zero-order valence-corrected chi connectivity index (χ0v) is 11.8. The van der Waals surface area contributed by atoms with Crippen LogP contribution in [-0.4, -0.2) is 26.3 Å². The second-order valence-electron chi connectivity index (χ2n) is 5.67. The molecule has 0 bridgehead atoms. The van der Waals surface area contributed by atoms with Crippen molar-refractivity contribution < 1.29 is 4.74 Å². The molecule has 2 nitrogen and oxygen atoms in total. The van der Waals surface area contributed by atoms with Crippen LogP contribution in [0.4, 0.5) is 0 Å². The predicted octanol–water partition coefficient (Wildman–Crippen LogP) is 3.61. The van der Waals surface area contributed by atoms with Crippen molar-refractivity contribution in [2.45, 2.75) is 58.8 Å². The van der Waals surface area contributed by atoms with Gasteiger partial charge in [0, 0.05) is 13.2 Å². The largest absolute Gasteiger partial charge is 0.381 e. The van der Waals surface area contributed by atoms with Crippen molar-refractivity contribution >= 4 is 0 Å². The third-order valence-corrected chi connectivity index (χ3v) is 3.72. The van der Waals surface area contributed by atoms with Crippen LogP contribution in [0.2, 0.25) is 0 Å². The number of hydrogen-bond donors (Lipinski definition) is 1. The lowest BCUT2D eigenvalue weighted by atomic mass is 9.83. The molecule has 0 heterocycles. The second kappa shape index (κ2) is 9.90. The van der Waals surface area contributed by atoms with Crippen LogP contribution in [0.3, 0.4) is 0 Å². The summed E-state index contributed by atoms with van der Waals surface area (Å²) in [6, 6.07) is 0. The van der Waals surface area contributed by atoms with E-state index in [-0.39, 0.29) is 0 Å². The van der Waals surface area contributed by atoms with E-state index in [2.05, 4.69) is 19.2 Å². The Morgan fingerprint density at radius 3 is 2.82 bits per heavy atom. The molecule has 0 saturated heterocycles. The van der Waals surface area contributed by atoms with E-state index in [1.807, 2.05) is 0 Å². The van der Waals surface area contributed by atoms with Gasteiger partial charge in [0.15, 0.2) is 0 Å². The van der Waals surface area contributed by atoms with Gasteiger partial charge in [-0.3, -0.25) is 0 Å². The van der Waals surface area contributed by atoms with Gasteiger partial charge in [-0.2, -0.15) is 0 Å². The SMILES string of the molecule is CCCNCCCCOCC1CCCC(C)C1. The van der Waals surface area contributed by atoms with Crippen molar-refractivity contribution in [2.75, 3.05) is 26.3 Å². The molecule has 1 saturated carbocycles. The van der Waals surface area contributed by atoms with Gasteiger partial charge >= 0.3 is 0 Å². The van der Waals surface area contributed by atoms with Crippen LogP contribution in [0.25, 0.3) is 0 Å². The average Bonchev–Trinajstić information content (AvgIpc) is 2.33. The van der Waals surface area contributed by atoms with E-state index in [4.69, 9.17) is 4.74 Å². The van der Waals surface area contributed by atoms with E-state index >= 15 is 0 Å².